The van der Waals surface area contributed by atoms with Crippen LogP contribution in [0.2, 0.25) is 0 Å². The van der Waals surface area contributed by atoms with Gasteiger partial charge >= 0.3 is 5.97 Å². The third kappa shape index (κ3) is 10.5. The Bertz CT molecular complexity index is 1480. The maximum Gasteiger partial charge on any atom is 0.325 e. The molecule has 10 heteroatoms. The number of carbonyl (C=O) groups is 5. The third-order valence-electron chi connectivity index (χ3n) is 8.13. The predicted molar refractivity (Wildman–Crippen MR) is 173 cm³/mol. The number of ether oxygens (including phenoxy) is 2. The van der Waals surface area contributed by atoms with E-state index in [-0.39, 0.29) is 38.1 Å². The summed E-state index contributed by atoms with van der Waals surface area (Å²) >= 11 is 0. The second kappa shape index (κ2) is 17.8. The summed E-state index contributed by atoms with van der Waals surface area (Å²) in [7, 11) is 0. The standard InChI is InChI=1S/C36H43N3O7/c1-2-46-33(41)22-37-36(44)34(42)31(24-45-23-26-14-7-4-8-15-26)39-35(43)30(20-25-12-5-3-6-13-25)38-32(40)21-28-18-11-17-27-16-9-10-19-29(27)28/h4,7-11,14-19,25,30-31H,2-3,5-6,12-13,20-24H2,1H3,(H,37,44)(H,38,40)(H,39,43)/t30-,31-/m0/s1. The molecule has 2 atom stereocenters. The molecule has 0 spiro atoms. The van der Waals surface area contributed by atoms with E-state index in [4.69, 9.17) is 9.47 Å². The zero-order chi connectivity index (χ0) is 32.7. The molecule has 0 saturated heterocycles. The number of fused-ring (bicyclic) bond motifs is 1. The van der Waals surface area contributed by atoms with Crippen molar-refractivity contribution in [3.8, 4) is 0 Å². The summed E-state index contributed by atoms with van der Waals surface area (Å²) < 4.78 is 10.6. The smallest absolute Gasteiger partial charge is 0.325 e. The van der Waals surface area contributed by atoms with Crippen LogP contribution in [0.25, 0.3) is 10.8 Å². The van der Waals surface area contributed by atoms with Crippen LogP contribution in [0.15, 0.2) is 72.8 Å². The predicted octanol–water partition coefficient (Wildman–Crippen LogP) is 3.79. The van der Waals surface area contributed by atoms with Gasteiger partial charge in [-0.1, -0.05) is 105 Å². The molecule has 1 aliphatic carbocycles. The average Bonchev–Trinajstić information content (AvgIpc) is 3.07. The molecule has 0 aliphatic heterocycles. The molecule has 0 radical (unpaired) electrons. The molecule has 1 aliphatic rings. The van der Waals surface area contributed by atoms with E-state index in [9.17, 15) is 24.0 Å². The van der Waals surface area contributed by atoms with Crippen LogP contribution in [0.1, 0.15) is 56.6 Å². The Morgan fingerprint density at radius 1 is 0.826 bits per heavy atom. The molecule has 3 aromatic carbocycles. The lowest BCUT2D eigenvalue weighted by atomic mass is 9.84. The van der Waals surface area contributed by atoms with Crippen LogP contribution in [0.4, 0.5) is 0 Å². The van der Waals surface area contributed by atoms with E-state index in [0.29, 0.717) is 6.42 Å². The van der Waals surface area contributed by atoms with Crippen molar-refractivity contribution in [3.05, 3.63) is 83.9 Å². The first-order valence-electron chi connectivity index (χ1n) is 16.0. The minimum atomic E-state index is -1.35. The number of hydrogen-bond donors (Lipinski definition) is 3. The van der Waals surface area contributed by atoms with Crippen LogP contribution in [0.5, 0.6) is 0 Å². The van der Waals surface area contributed by atoms with Crippen molar-refractivity contribution in [1.82, 2.24) is 16.0 Å². The number of esters is 1. The monoisotopic (exact) mass is 629 g/mol. The van der Waals surface area contributed by atoms with Crippen molar-refractivity contribution < 1.29 is 33.4 Å². The van der Waals surface area contributed by atoms with Crippen LogP contribution in [0.3, 0.4) is 0 Å². The molecule has 0 bridgehead atoms. The molecule has 0 aromatic heterocycles. The number of ketones is 1. The summed E-state index contributed by atoms with van der Waals surface area (Å²) in [4.78, 5) is 64.9. The number of Topliss-reactive ketones (excluding diaryl/α,β-unsaturated/α-hetero) is 1. The molecule has 10 nitrogen and oxygen atoms in total. The summed E-state index contributed by atoms with van der Waals surface area (Å²) in [6.45, 7) is 1.14. The van der Waals surface area contributed by atoms with E-state index in [1.54, 1.807) is 6.92 Å². The summed E-state index contributed by atoms with van der Waals surface area (Å²) in [5, 5.41) is 9.84. The normalized spacial score (nSPS) is 14.5. The van der Waals surface area contributed by atoms with Gasteiger partial charge in [0, 0.05) is 0 Å². The largest absolute Gasteiger partial charge is 0.465 e. The maximum absolute atomic E-state index is 13.8. The molecule has 0 heterocycles. The highest BCUT2D eigenvalue weighted by atomic mass is 16.5. The highest BCUT2D eigenvalue weighted by molar-refractivity contribution is 6.38. The average molecular weight is 630 g/mol. The van der Waals surface area contributed by atoms with Gasteiger partial charge < -0.3 is 25.4 Å². The van der Waals surface area contributed by atoms with Gasteiger partial charge in [0.25, 0.3) is 5.91 Å². The molecule has 3 amide bonds. The summed E-state index contributed by atoms with van der Waals surface area (Å²) in [6, 6.07) is 20.6. The SMILES string of the molecule is CCOC(=O)CNC(=O)C(=O)[C@H](COCc1ccccc1)NC(=O)[C@H](CC1CCCCC1)NC(=O)Cc1cccc2ccccc12. The second-order valence-corrected chi connectivity index (χ2v) is 11.6. The molecule has 3 aromatic rings. The van der Waals surface area contributed by atoms with E-state index in [1.165, 1.54) is 0 Å². The molecule has 4 rings (SSSR count). The number of nitrogens with one attached hydrogen (secondary N) is 3. The molecule has 46 heavy (non-hydrogen) atoms. The quantitative estimate of drug-likeness (QED) is 0.162. The van der Waals surface area contributed by atoms with Gasteiger partial charge in [-0.2, -0.15) is 0 Å². The van der Waals surface area contributed by atoms with Crippen LogP contribution in [-0.2, 0) is 46.5 Å². The highest BCUT2D eigenvalue weighted by Gasteiger charge is 2.32. The summed E-state index contributed by atoms with van der Waals surface area (Å²) in [6.07, 6.45) is 5.62. The molecular formula is C36H43N3O7. The van der Waals surface area contributed by atoms with Crippen LogP contribution in [-0.4, -0.2) is 61.3 Å². The first-order chi connectivity index (χ1) is 22.3. The molecule has 0 unspecified atom stereocenters. The van der Waals surface area contributed by atoms with Gasteiger partial charge in [0.1, 0.15) is 18.6 Å². The third-order valence-corrected chi connectivity index (χ3v) is 8.13. The number of hydrogen-bond acceptors (Lipinski definition) is 7. The van der Waals surface area contributed by atoms with Gasteiger partial charge in [-0.3, -0.25) is 24.0 Å². The Kier molecular flexibility index (Phi) is 13.3. The van der Waals surface area contributed by atoms with E-state index in [1.807, 2.05) is 72.8 Å². The number of benzene rings is 3. The topological polar surface area (TPSA) is 140 Å². The van der Waals surface area contributed by atoms with E-state index >= 15 is 0 Å². The Morgan fingerprint density at radius 2 is 1.54 bits per heavy atom. The molecule has 244 valence electrons. The lowest BCUT2D eigenvalue weighted by Gasteiger charge is -2.28. The van der Waals surface area contributed by atoms with E-state index in [2.05, 4.69) is 16.0 Å². The van der Waals surface area contributed by atoms with Crippen molar-refractivity contribution in [2.24, 2.45) is 5.92 Å². The molecule has 1 fully saturated rings. The molecule has 1 saturated carbocycles. The Balaban J connectivity index is 1.48. The van der Waals surface area contributed by atoms with Gasteiger partial charge in [-0.25, -0.2) is 0 Å². The van der Waals surface area contributed by atoms with Gasteiger partial charge in [-0.05, 0) is 41.2 Å². The molecule has 3 N–H and O–H groups in total. The van der Waals surface area contributed by atoms with Crippen molar-refractivity contribution in [3.63, 3.8) is 0 Å². The van der Waals surface area contributed by atoms with Gasteiger partial charge in [0.2, 0.25) is 17.6 Å². The van der Waals surface area contributed by atoms with Gasteiger partial charge in [-0.15, -0.1) is 0 Å². The van der Waals surface area contributed by atoms with Crippen molar-refractivity contribution in [2.45, 2.75) is 70.6 Å². The highest BCUT2D eigenvalue weighted by Crippen LogP contribution is 2.27. The lowest BCUT2D eigenvalue weighted by molar-refractivity contribution is -0.146. The summed E-state index contributed by atoms with van der Waals surface area (Å²) in [5.74, 6) is -3.36. The van der Waals surface area contributed by atoms with Crippen molar-refractivity contribution in [1.29, 1.82) is 0 Å². The fraction of sp³-hybridized carbons (Fsp3) is 0.417. The van der Waals surface area contributed by atoms with Gasteiger partial charge in [0.15, 0.2) is 0 Å². The Labute approximate surface area is 269 Å². The first-order valence-corrected chi connectivity index (χ1v) is 16.0. The van der Waals surface area contributed by atoms with E-state index < -0.39 is 42.2 Å². The van der Waals surface area contributed by atoms with Crippen molar-refractivity contribution >= 4 is 40.2 Å². The summed E-state index contributed by atoms with van der Waals surface area (Å²) in [5.41, 5.74) is 1.69. The Morgan fingerprint density at radius 3 is 2.30 bits per heavy atom. The zero-order valence-electron chi connectivity index (χ0n) is 26.3. The zero-order valence-corrected chi connectivity index (χ0v) is 26.3. The minimum absolute atomic E-state index is 0.0780. The van der Waals surface area contributed by atoms with E-state index in [0.717, 1.165) is 54.0 Å². The second-order valence-electron chi connectivity index (χ2n) is 11.6. The molecular weight excluding hydrogens is 586 g/mol. The number of amides is 3. The van der Waals surface area contributed by atoms with Gasteiger partial charge in [0.05, 0.1) is 26.2 Å². The number of rotatable bonds is 16. The van der Waals surface area contributed by atoms with Crippen LogP contribution < -0.4 is 16.0 Å². The Hall–Kier alpha value is -4.57. The maximum atomic E-state index is 13.8. The van der Waals surface area contributed by atoms with Crippen LogP contribution >= 0.6 is 0 Å². The fourth-order valence-electron chi connectivity index (χ4n) is 5.79. The fourth-order valence-corrected chi connectivity index (χ4v) is 5.79. The first kappa shape index (κ1) is 34.3. The van der Waals surface area contributed by atoms with Crippen molar-refractivity contribution in [2.75, 3.05) is 19.8 Å². The van der Waals surface area contributed by atoms with Crippen LogP contribution in [0, 0.1) is 5.92 Å². The number of carbonyl (C=O) groups excluding carboxylic acids is 5. The minimum Gasteiger partial charge on any atom is -0.465 e. The lowest BCUT2D eigenvalue weighted by Crippen LogP contribution is -2.56.